The van der Waals surface area contributed by atoms with Gasteiger partial charge in [-0.2, -0.15) is 0 Å². The molecule has 4 bridgehead atoms. The Morgan fingerprint density at radius 1 is 0.871 bits per heavy atom. The zero-order valence-corrected chi connectivity index (χ0v) is 19.3. The summed E-state index contributed by atoms with van der Waals surface area (Å²) in [6.07, 6.45) is 8.78. The zero-order chi connectivity index (χ0) is 20.8. The van der Waals surface area contributed by atoms with Gasteiger partial charge in [0.25, 0.3) is 0 Å². The largest absolute Gasteiger partial charge is 0.298 e. The molecule has 0 unspecified atom stereocenters. The molecule has 4 fully saturated rings. The van der Waals surface area contributed by atoms with Crippen LogP contribution >= 0.6 is 23.4 Å². The summed E-state index contributed by atoms with van der Waals surface area (Å²) >= 11 is 8.06. The molecule has 0 saturated heterocycles. The minimum absolute atomic E-state index is 0.531. The van der Waals surface area contributed by atoms with Gasteiger partial charge in [0.05, 0.1) is 6.54 Å². The van der Waals surface area contributed by atoms with Crippen molar-refractivity contribution in [1.29, 1.82) is 0 Å². The number of thioether (sulfide) groups is 1. The van der Waals surface area contributed by atoms with Gasteiger partial charge in [-0.05, 0) is 91.5 Å². The predicted molar refractivity (Wildman–Crippen MR) is 127 cm³/mol. The molecule has 4 aliphatic rings. The summed E-state index contributed by atoms with van der Waals surface area (Å²) in [5.41, 5.74) is 2.87. The van der Waals surface area contributed by atoms with Gasteiger partial charge in [0.2, 0.25) is 0 Å². The third-order valence-corrected chi connectivity index (χ3v) is 9.24. The third kappa shape index (κ3) is 3.93. The summed E-state index contributed by atoms with van der Waals surface area (Å²) in [7, 11) is 0. The smallest absolute Gasteiger partial charge is 0.191 e. The SMILES string of the molecule is Clc1ccc(-c2nnc(SCC34CC5CC(CC(C5)C3)C4)n2Cc2ccccc2)cc1. The van der Waals surface area contributed by atoms with Crippen molar-refractivity contribution in [3.05, 3.63) is 65.2 Å². The van der Waals surface area contributed by atoms with Gasteiger partial charge in [-0.1, -0.05) is 53.7 Å². The van der Waals surface area contributed by atoms with Crippen LogP contribution in [-0.4, -0.2) is 20.5 Å². The quantitative estimate of drug-likeness (QED) is 0.381. The number of halogens is 1. The predicted octanol–water partition coefficient (Wildman–Crippen LogP) is 6.96. The second kappa shape index (κ2) is 7.97. The van der Waals surface area contributed by atoms with E-state index in [0.29, 0.717) is 5.41 Å². The molecule has 0 aliphatic heterocycles. The summed E-state index contributed by atoms with van der Waals surface area (Å²) in [4.78, 5) is 0. The van der Waals surface area contributed by atoms with Crippen LogP contribution in [0.4, 0.5) is 0 Å². The Kier molecular flexibility index (Phi) is 5.11. The maximum absolute atomic E-state index is 6.13. The normalized spacial score (nSPS) is 28.9. The van der Waals surface area contributed by atoms with Crippen molar-refractivity contribution in [2.45, 2.75) is 50.2 Å². The highest BCUT2D eigenvalue weighted by atomic mass is 35.5. The van der Waals surface area contributed by atoms with E-state index in [1.807, 2.05) is 36.0 Å². The van der Waals surface area contributed by atoms with Crippen molar-refractivity contribution in [3.63, 3.8) is 0 Å². The first kappa shape index (κ1) is 19.9. The first-order valence-corrected chi connectivity index (χ1v) is 12.9. The van der Waals surface area contributed by atoms with Gasteiger partial charge in [-0.15, -0.1) is 10.2 Å². The van der Waals surface area contributed by atoms with E-state index in [0.717, 1.165) is 45.9 Å². The van der Waals surface area contributed by atoms with E-state index in [4.69, 9.17) is 11.6 Å². The molecule has 0 atom stereocenters. The van der Waals surface area contributed by atoms with Gasteiger partial charge in [0.1, 0.15) is 0 Å². The van der Waals surface area contributed by atoms with Crippen molar-refractivity contribution < 1.29 is 0 Å². The molecule has 0 amide bonds. The van der Waals surface area contributed by atoms with Crippen LogP contribution in [0.2, 0.25) is 5.02 Å². The first-order valence-electron chi connectivity index (χ1n) is 11.5. The Balaban J connectivity index is 1.29. The fourth-order valence-electron chi connectivity index (χ4n) is 6.80. The topological polar surface area (TPSA) is 30.7 Å². The Morgan fingerprint density at radius 3 is 2.16 bits per heavy atom. The highest BCUT2D eigenvalue weighted by Gasteiger charge is 2.50. The molecule has 1 aromatic heterocycles. The van der Waals surface area contributed by atoms with Gasteiger partial charge in [0, 0.05) is 16.3 Å². The van der Waals surface area contributed by atoms with E-state index in [1.54, 1.807) is 0 Å². The van der Waals surface area contributed by atoms with Crippen LogP contribution in [0.25, 0.3) is 11.4 Å². The average molecular weight is 450 g/mol. The minimum Gasteiger partial charge on any atom is -0.298 e. The third-order valence-electron chi connectivity index (χ3n) is 7.68. The molecule has 0 N–H and O–H groups in total. The lowest BCUT2D eigenvalue weighted by atomic mass is 9.50. The summed E-state index contributed by atoms with van der Waals surface area (Å²) in [5.74, 6) is 5.06. The lowest BCUT2D eigenvalue weighted by molar-refractivity contribution is -0.0381. The number of nitrogens with zero attached hydrogens (tertiary/aromatic N) is 3. The van der Waals surface area contributed by atoms with Gasteiger partial charge >= 0.3 is 0 Å². The molecule has 3 aromatic rings. The van der Waals surface area contributed by atoms with Crippen molar-refractivity contribution in [2.75, 3.05) is 5.75 Å². The van der Waals surface area contributed by atoms with Crippen LogP contribution in [0.15, 0.2) is 59.8 Å². The van der Waals surface area contributed by atoms with Crippen LogP contribution in [0.1, 0.15) is 44.1 Å². The molecule has 1 heterocycles. The molecule has 160 valence electrons. The number of hydrogen-bond acceptors (Lipinski definition) is 3. The van der Waals surface area contributed by atoms with Crippen molar-refractivity contribution in [3.8, 4) is 11.4 Å². The molecule has 7 rings (SSSR count). The van der Waals surface area contributed by atoms with E-state index in [2.05, 4.69) is 45.1 Å². The molecule has 5 heteroatoms. The molecule has 3 nitrogen and oxygen atoms in total. The van der Waals surface area contributed by atoms with Crippen molar-refractivity contribution in [2.24, 2.45) is 23.2 Å². The molecule has 2 aromatic carbocycles. The highest BCUT2D eigenvalue weighted by Crippen LogP contribution is 2.61. The zero-order valence-electron chi connectivity index (χ0n) is 17.7. The number of aromatic nitrogens is 3. The second-order valence-corrected chi connectivity index (χ2v) is 11.5. The maximum atomic E-state index is 6.13. The standard InChI is InChI=1S/C26H28ClN3S/c27-23-8-6-22(7-9-23)24-28-29-25(30(24)16-18-4-2-1-3-5-18)31-17-26-13-19-10-20(14-26)12-21(11-19)15-26/h1-9,19-21H,10-17H2. The van der Waals surface area contributed by atoms with Crippen molar-refractivity contribution >= 4 is 23.4 Å². The number of rotatable bonds is 6. The van der Waals surface area contributed by atoms with Crippen LogP contribution in [0.5, 0.6) is 0 Å². The number of hydrogen-bond donors (Lipinski definition) is 0. The minimum atomic E-state index is 0.531. The lowest BCUT2D eigenvalue weighted by Gasteiger charge is -2.56. The van der Waals surface area contributed by atoms with E-state index in [-0.39, 0.29) is 0 Å². The van der Waals surface area contributed by atoms with E-state index >= 15 is 0 Å². The molecule has 4 aliphatic carbocycles. The van der Waals surface area contributed by atoms with Crippen molar-refractivity contribution in [1.82, 2.24) is 14.8 Å². The number of benzene rings is 2. The molecule has 31 heavy (non-hydrogen) atoms. The lowest BCUT2D eigenvalue weighted by Crippen LogP contribution is -2.47. The first-order chi connectivity index (χ1) is 15.2. The molecular formula is C26H28ClN3S. The molecular weight excluding hydrogens is 422 g/mol. The van der Waals surface area contributed by atoms with Crippen LogP contribution in [0.3, 0.4) is 0 Å². The van der Waals surface area contributed by atoms with E-state index < -0.39 is 0 Å². The fraction of sp³-hybridized carbons (Fsp3) is 0.462. The molecule has 0 radical (unpaired) electrons. The highest BCUT2D eigenvalue weighted by molar-refractivity contribution is 7.99. The average Bonchev–Trinajstić information content (AvgIpc) is 3.15. The van der Waals surface area contributed by atoms with Crippen LogP contribution in [0, 0.1) is 23.2 Å². The monoisotopic (exact) mass is 449 g/mol. The Labute approximate surface area is 193 Å². The summed E-state index contributed by atoms with van der Waals surface area (Å²) in [5, 5.41) is 11.1. The second-order valence-electron chi connectivity index (χ2n) is 10.1. The van der Waals surface area contributed by atoms with E-state index in [1.165, 1.54) is 49.8 Å². The van der Waals surface area contributed by atoms with Gasteiger partial charge < -0.3 is 0 Å². The van der Waals surface area contributed by atoms with Gasteiger partial charge in [-0.25, -0.2) is 0 Å². The van der Waals surface area contributed by atoms with E-state index in [9.17, 15) is 0 Å². The van der Waals surface area contributed by atoms with Gasteiger partial charge in [0.15, 0.2) is 11.0 Å². The molecule has 0 spiro atoms. The fourth-order valence-corrected chi connectivity index (χ4v) is 8.12. The maximum Gasteiger partial charge on any atom is 0.191 e. The summed E-state index contributed by atoms with van der Waals surface area (Å²) in [6.45, 7) is 0.787. The van der Waals surface area contributed by atoms with Crippen LogP contribution in [-0.2, 0) is 6.54 Å². The Hall–Kier alpha value is -1.78. The Bertz CT molecular complexity index is 1020. The molecule has 4 saturated carbocycles. The summed E-state index contributed by atoms with van der Waals surface area (Å²) < 4.78 is 2.30. The van der Waals surface area contributed by atoms with Crippen LogP contribution < -0.4 is 0 Å². The summed E-state index contributed by atoms with van der Waals surface area (Å²) in [6, 6.07) is 18.6. The van der Waals surface area contributed by atoms with Gasteiger partial charge in [-0.3, -0.25) is 4.57 Å². The Morgan fingerprint density at radius 2 is 1.52 bits per heavy atom.